The predicted octanol–water partition coefficient (Wildman–Crippen LogP) is 13.7. The molecule has 62 heavy (non-hydrogen) atoms. The summed E-state index contributed by atoms with van der Waals surface area (Å²) >= 11 is 0. The Bertz CT molecular complexity index is 1240. The van der Waals surface area contributed by atoms with Crippen molar-refractivity contribution in [3.63, 3.8) is 0 Å². The van der Waals surface area contributed by atoms with E-state index >= 15 is 0 Å². The van der Waals surface area contributed by atoms with Gasteiger partial charge in [0.15, 0.2) is 6.10 Å². The van der Waals surface area contributed by atoms with Crippen LogP contribution in [0.5, 0.6) is 0 Å². The topological polar surface area (TPSA) is 172 Å². The highest BCUT2D eigenvalue weighted by Gasteiger charge is 2.28. The maximum Gasteiger partial charge on any atom is 0.472 e. The molecule has 3 atom stereocenters. The number of hydrogen-bond acceptors (Lipinski definition) is 9. The number of unbranched alkanes of at least 4 members (excludes halogenated alkanes) is 24. The fourth-order valence-corrected chi connectivity index (χ4v) is 7.43. The number of hydrogen-bond donors (Lipinski definition) is 3. The number of phosphoric ester groups is 1. The first-order valence-electron chi connectivity index (χ1n) is 24.7. The van der Waals surface area contributed by atoms with Gasteiger partial charge < -0.3 is 25.2 Å². The first-order chi connectivity index (χ1) is 30.1. The number of nitrogens with two attached hydrogens (primary N) is 1. The van der Waals surface area contributed by atoms with Crippen LogP contribution >= 0.6 is 7.82 Å². The molecule has 0 saturated carbocycles. The maximum absolute atomic E-state index is 12.7. The molecule has 0 aliphatic rings. The van der Waals surface area contributed by atoms with Crippen LogP contribution in [0.1, 0.15) is 219 Å². The molecule has 0 fully saturated rings. The van der Waals surface area contributed by atoms with Crippen molar-refractivity contribution in [3.05, 3.63) is 48.6 Å². The fourth-order valence-electron chi connectivity index (χ4n) is 6.66. The third-order valence-electron chi connectivity index (χ3n) is 10.5. The van der Waals surface area contributed by atoms with Crippen LogP contribution in [0.25, 0.3) is 0 Å². The number of allylic oxidation sites excluding steroid dienone is 8. The van der Waals surface area contributed by atoms with Crippen molar-refractivity contribution in [2.45, 2.75) is 231 Å². The fraction of sp³-hybridized carbons (Fsp3) is 0.780. The van der Waals surface area contributed by atoms with Crippen molar-refractivity contribution in [2.75, 3.05) is 19.8 Å². The van der Waals surface area contributed by atoms with Gasteiger partial charge in [0.2, 0.25) is 0 Å². The quantitative estimate of drug-likeness (QED) is 0.0230. The average molecular weight is 896 g/mol. The number of ether oxygens (including phenoxy) is 2. The van der Waals surface area contributed by atoms with Crippen LogP contribution in [0.3, 0.4) is 0 Å². The molecule has 1 unspecified atom stereocenters. The van der Waals surface area contributed by atoms with Gasteiger partial charge in [0.05, 0.1) is 13.2 Å². The van der Waals surface area contributed by atoms with Crippen LogP contribution in [-0.2, 0) is 37.5 Å². The van der Waals surface area contributed by atoms with Gasteiger partial charge in [-0.3, -0.25) is 23.4 Å². The zero-order valence-electron chi connectivity index (χ0n) is 39.2. The molecule has 0 aromatic carbocycles. The molecule has 0 aliphatic carbocycles. The Labute approximate surface area is 377 Å². The van der Waals surface area contributed by atoms with Crippen LogP contribution in [0.4, 0.5) is 0 Å². The van der Waals surface area contributed by atoms with Crippen molar-refractivity contribution in [2.24, 2.45) is 5.73 Å². The minimum Gasteiger partial charge on any atom is -0.480 e. The van der Waals surface area contributed by atoms with Crippen molar-refractivity contribution in [3.8, 4) is 0 Å². The Morgan fingerprint density at radius 1 is 0.500 bits per heavy atom. The van der Waals surface area contributed by atoms with Crippen molar-refractivity contribution >= 4 is 25.7 Å². The van der Waals surface area contributed by atoms with Gasteiger partial charge in [-0.25, -0.2) is 4.57 Å². The number of carbonyl (C=O) groups excluding carboxylic acids is 2. The minimum atomic E-state index is -4.73. The van der Waals surface area contributed by atoms with Crippen LogP contribution in [0.15, 0.2) is 48.6 Å². The first kappa shape index (κ1) is 59.4. The molecule has 0 radical (unpaired) electrons. The zero-order valence-corrected chi connectivity index (χ0v) is 40.1. The lowest BCUT2D eigenvalue weighted by Crippen LogP contribution is -2.34. The van der Waals surface area contributed by atoms with Gasteiger partial charge in [-0.1, -0.05) is 178 Å². The van der Waals surface area contributed by atoms with Crippen LogP contribution in [0, 0.1) is 0 Å². The van der Waals surface area contributed by atoms with E-state index in [0.29, 0.717) is 12.8 Å². The molecule has 0 spiro atoms. The molecular weight excluding hydrogens is 806 g/mol. The largest absolute Gasteiger partial charge is 0.480 e. The van der Waals surface area contributed by atoms with Crippen LogP contribution in [0.2, 0.25) is 0 Å². The van der Waals surface area contributed by atoms with Gasteiger partial charge in [0.25, 0.3) is 0 Å². The summed E-state index contributed by atoms with van der Waals surface area (Å²) in [6, 6.07) is -1.53. The summed E-state index contributed by atoms with van der Waals surface area (Å²) in [4.78, 5) is 46.1. The summed E-state index contributed by atoms with van der Waals surface area (Å²) in [7, 11) is -4.73. The van der Waals surface area contributed by atoms with E-state index in [1.54, 1.807) is 0 Å². The van der Waals surface area contributed by atoms with Gasteiger partial charge in [-0.2, -0.15) is 0 Å². The monoisotopic (exact) mass is 896 g/mol. The SMILES string of the molecule is CCCCC/C=C\C/C=C\C/C=C\CCCCCCC(=O)OC[C@H](COP(=O)(O)OC[C@H](N)C(=O)O)OC(=O)CCCCCCCCCCCCC/C=C\CCCCCCCC. The molecule has 4 N–H and O–H groups in total. The Hall–Kier alpha value is -2.56. The summed E-state index contributed by atoms with van der Waals surface area (Å²) in [5, 5.41) is 8.91. The number of carbonyl (C=O) groups is 3. The second kappa shape index (κ2) is 45.0. The second-order valence-electron chi connectivity index (χ2n) is 16.6. The molecule has 12 heteroatoms. The van der Waals surface area contributed by atoms with Crippen molar-refractivity contribution < 1.29 is 47.5 Å². The van der Waals surface area contributed by atoms with E-state index in [0.717, 1.165) is 64.2 Å². The van der Waals surface area contributed by atoms with E-state index in [-0.39, 0.29) is 19.4 Å². The van der Waals surface area contributed by atoms with Gasteiger partial charge in [0, 0.05) is 12.8 Å². The molecule has 0 heterocycles. The molecule has 0 aliphatic heterocycles. The molecule has 11 nitrogen and oxygen atoms in total. The van der Waals surface area contributed by atoms with E-state index < -0.39 is 51.1 Å². The molecule has 0 rings (SSSR count). The van der Waals surface area contributed by atoms with Gasteiger partial charge in [-0.05, 0) is 77.0 Å². The van der Waals surface area contributed by atoms with E-state index in [1.165, 1.54) is 116 Å². The molecule has 0 amide bonds. The van der Waals surface area contributed by atoms with E-state index in [4.69, 9.17) is 24.8 Å². The van der Waals surface area contributed by atoms with Gasteiger partial charge in [0.1, 0.15) is 12.6 Å². The molecule has 0 saturated heterocycles. The van der Waals surface area contributed by atoms with Gasteiger partial charge >= 0.3 is 25.7 Å². The Kier molecular flexibility index (Phi) is 43.2. The summed E-state index contributed by atoms with van der Waals surface area (Å²) in [5.74, 6) is -2.40. The summed E-state index contributed by atoms with van der Waals surface area (Å²) in [5.41, 5.74) is 5.35. The summed E-state index contributed by atoms with van der Waals surface area (Å²) < 4.78 is 32.8. The number of carboxylic acid groups (broad SMARTS) is 1. The maximum atomic E-state index is 12.7. The number of rotatable bonds is 46. The number of carboxylic acids is 1. The minimum absolute atomic E-state index is 0.155. The van der Waals surface area contributed by atoms with E-state index in [2.05, 4.69) is 67.0 Å². The van der Waals surface area contributed by atoms with Crippen LogP contribution < -0.4 is 5.73 Å². The average Bonchev–Trinajstić information content (AvgIpc) is 3.25. The lowest BCUT2D eigenvalue weighted by atomic mass is 10.0. The van der Waals surface area contributed by atoms with Crippen molar-refractivity contribution in [1.82, 2.24) is 0 Å². The highest BCUT2D eigenvalue weighted by Crippen LogP contribution is 2.43. The van der Waals surface area contributed by atoms with E-state index in [9.17, 15) is 23.8 Å². The standard InChI is InChI=1S/C50H90NO10P/c1-3-5-7-9-11-13-15-17-19-21-22-23-24-26-28-30-32-34-36-38-40-42-49(53)61-46(44-59-62(56,57)60-45-47(51)50(54)55)43-58-48(52)41-39-37-35-33-31-29-27-25-20-18-16-14-12-10-8-6-4-2/h12,14,17-20,27,29,46-47H,3-11,13,15-16,21-26,28,30-45,51H2,1-2H3,(H,54,55)(H,56,57)/b14-12-,19-17-,20-18-,29-27-/t46-,47+/m1/s1. The van der Waals surface area contributed by atoms with Gasteiger partial charge in [-0.15, -0.1) is 0 Å². The highest BCUT2D eigenvalue weighted by atomic mass is 31.2. The zero-order chi connectivity index (χ0) is 45.6. The van der Waals surface area contributed by atoms with E-state index in [1.807, 2.05) is 0 Å². The summed E-state index contributed by atoms with van der Waals surface area (Å²) in [6.07, 6.45) is 51.7. The smallest absolute Gasteiger partial charge is 0.472 e. The number of phosphoric acid groups is 1. The Balaban J connectivity index is 4.30. The lowest BCUT2D eigenvalue weighted by Gasteiger charge is -2.20. The lowest BCUT2D eigenvalue weighted by molar-refractivity contribution is -0.161. The Morgan fingerprint density at radius 2 is 0.855 bits per heavy atom. The predicted molar refractivity (Wildman–Crippen MR) is 254 cm³/mol. The molecule has 0 aromatic heterocycles. The normalized spacial score (nSPS) is 14.0. The Morgan fingerprint density at radius 3 is 1.32 bits per heavy atom. The number of esters is 2. The summed E-state index contributed by atoms with van der Waals surface area (Å²) in [6.45, 7) is 2.77. The first-order valence-corrected chi connectivity index (χ1v) is 26.2. The molecule has 0 aromatic rings. The molecule has 0 bridgehead atoms. The molecule has 360 valence electrons. The second-order valence-corrected chi connectivity index (χ2v) is 18.0. The van der Waals surface area contributed by atoms with Crippen LogP contribution in [-0.4, -0.2) is 59.9 Å². The highest BCUT2D eigenvalue weighted by molar-refractivity contribution is 7.47. The third-order valence-corrected chi connectivity index (χ3v) is 11.5. The molecular formula is C50H90NO10P. The van der Waals surface area contributed by atoms with Crippen molar-refractivity contribution in [1.29, 1.82) is 0 Å². The number of aliphatic carboxylic acids is 1. The third kappa shape index (κ3) is 44.1.